The topological polar surface area (TPSA) is 153 Å². The molecule has 8 atom stereocenters. The lowest BCUT2D eigenvalue weighted by molar-refractivity contribution is -0.170. The zero-order valence-electron chi connectivity index (χ0n) is 29.6. The van der Waals surface area contributed by atoms with Crippen LogP contribution in [0, 0.1) is 0 Å². The molecule has 0 saturated heterocycles. The van der Waals surface area contributed by atoms with Crippen molar-refractivity contribution in [3.63, 3.8) is 0 Å². The molecule has 46 heavy (non-hydrogen) atoms. The molecule has 0 heterocycles. The number of carbonyl (C=O) groups excluding carboxylic acids is 2. The summed E-state index contributed by atoms with van der Waals surface area (Å²) in [5, 5.41) is 35.1. The van der Waals surface area contributed by atoms with Crippen LogP contribution in [0.1, 0.15) is 102 Å². The van der Waals surface area contributed by atoms with Crippen LogP contribution in [0.25, 0.3) is 0 Å². The SMILES string of the molecule is CC(C)(C)NC(=O)OC1/C=C/C(OCC(C)(C)OC2CC(O)/C=C/C(OC(=O)SC(C)(C)C)CC2O)CC(OC(C)(C)C)C(O)C1. The van der Waals surface area contributed by atoms with Gasteiger partial charge >= 0.3 is 11.4 Å². The van der Waals surface area contributed by atoms with Gasteiger partial charge in [0.1, 0.15) is 12.2 Å². The maximum Gasteiger partial charge on any atom is 0.408 e. The smallest absolute Gasteiger partial charge is 0.408 e. The van der Waals surface area contributed by atoms with Gasteiger partial charge in [0.25, 0.3) is 0 Å². The Bertz CT molecular complexity index is 1040. The van der Waals surface area contributed by atoms with Crippen molar-refractivity contribution in [2.75, 3.05) is 6.61 Å². The van der Waals surface area contributed by atoms with Crippen LogP contribution < -0.4 is 5.32 Å². The third-order valence-corrected chi connectivity index (χ3v) is 7.70. The van der Waals surface area contributed by atoms with Crippen LogP contribution in [0.15, 0.2) is 24.3 Å². The molecule has 2 aliphatic carbocycles. The molecular weight excluding hydrogens is 614 g/mol. The molecule has 0 aromatic heterocycles. The Morgan fingerprint density at radius 2 is 1.24 bits per heavy atom. The molecule has 12 heteroatoms. The second-order valence-corrected chi connectivity index (χ2v) is 17.7. The van der Waals surface area contributed by atoms with Crippen LogP contribution >= 0.6 is 11.8 Å². The first-order valence-electron chi connectivity index (χ1n) is 16.2. The van der Waals surface area contributed by atoms with Crippen molar-refractivity contribution in [2.24, 2.45) is 0 Å². The summed E-state index contributed by atoms with van der Waals surface area (Å²) in [4.78, 5) is 24.9. The highest BCUT2D eigenvalue weighted by Crippen LogP contribution is 2.30. The Balaban J connectivity index is 2.13. The molecule has 0 fully saturated rings. The van der Waals surface area contributed by atoms with Gasteiger partial charge in [-0.05, 0) is 79.3 Å². The van der Waals surface area contributed by atoms with Gasteiger partial charge < -0.3 is 44.3 Å². The summed E-state index contributed by atoms with van der Waals surface area (Å²) in [6.07, 6.45) is 0.730. The summed E-state index contributed by atoms with van der Waals surface area (Å²) >= 11 is 1.06. The standard InChI is InChI=1S/C34H59NO10S/c1-31(2,3)35-29(39)42-23-15-14-22(19-28(26(38)17-23)44-32(4,5)6)41-20-34(10,11)45-27-16-21(36)12-13-24(18-25(27)37)43-30(40)46-33(7,8)9/h12-15,21-28,36-38H,16-20H2,1-11H3,(H,35,39)/b13-12+,15-14+. The van der Waals surface area contributed by atoms with Gasteiger partial charge in [0.05, 0.1) is 54.4 Å². The van der Waals surface area contributed by atoms with E-state index < -0.39 is 77.0 Å². The van der Waals surface area contributed by atoms with Crippen LogP contribution in [-0.4, -0.2) is 104 Å². The van der Waals surface area contributed by atoms with E-state index in [1.165, 1.54) is 0 Å². The average molecular weight is 674 g/mol. The zero-order valence-corrected chi connectivity index (χ0v) is 30.4. The first kappa shape index (κ1) is 40.5. The summed E-state index contributed by atoms with van der Waals surface area (Å²) in [6, 6.07) is 0. The Kier molecular flexibility index (Phi) is 14.6. The van der Waals surface area contributed by atoms with E-state index in [0.29, 0.717) is 6.42 Å². The third kappa shape index (κ3) is 16.4. The van der Waals surface area contributed by atoms with Crippen molar-refractivity contribution < 1.29 is 48.6 Å². The highest BCUT2D eigenvalue weighted by molar-refractivity contribution is 8.14. The Morgan fingerprint density at radius 3 is 1.78 bits per heavy atom. The molecule has 8 unspecified atom stereocenters. The van der Waals surface area contributed by atoms with Crippen molar-refractivity contribution in [3.05, 3.63) is 24.3 Å². The number of alkyl carbamates (subject to hydrolysis) is 1. The average Bonchev–Trinajstić information content (AvgIpc) is 2.83. The van der Waals surface area contributed by atoms with Gasteiger partial charge in [-0.2, -0.15) is 0 Å². The van der Waals surface area contributed by atoms with Crippen molar-refractivity contribution in [1.82, 2.24) is 5.32 Å². The quantitative estimate of drug-likeness (QED) is 0.193. The fourth-order valence-corrected chi connectivity index (χ4v) is 5.67. The van der Waals surface area contributed by atoms with Crippen molar-refractivity contribution in [1.29, 1.82) is 0 Å². The molecule has 1 amide bonds. The summed E-state index contributed by atoms with van der Waals surface area (Å²) in [7, 11) is 0. The van der Waals surface area contributed by atoms with E-state index in [1.807, 2.05) is 82.2 Å². The number of aliphatic hydroxyl groups is 3. The van der Waals surface area contributed by atoms with Crippen molar-refractivity contribution in [3.8, 4) is 0 Å². The highest BCUT2D eigenvalue weighted by atomic mass is 32.2. The van der Waals surface area contributed by atoms with Crippen LogP contribution in [0.5, 0.6) is 0 Å². The number of hydrogen-bond acceptors (Lipinski definition) is 11. The summed E-state index contributed by atoms with van der Waals surface area (Å²) in [6.45, 7) is 20.8. The van der Waals surface area contributed by atoms with E-state index in [2.05, 4.69) is 5.32 Å². The molecule has 0 aromatic rings. The minimum Gasteiger partial charge on any atom is -0.450 e. The van der Waals surface area contributed by atoms with Gasteiger partial charge in [-0.3, -0.25) is 0 Å². The molecule has 0 aliphatic heterocycles. The Hall–Kier alpha value is -1.67. The molecule has 0 radical (unpaired) electrons. The second kappa shape index (κ2) is 16.6. The number of ether oxygens (including phenoxy) is 5. The molecule has 0 bridgehead atoms. The summed E-state index contributed by atoms with van der Waals surface area (Å²) in [5.74, 6) is 0. The highest BCUT2D eigenvalue weighted by Gasteiger charge is 2.36. The fraction of sp³-hybridized carbons (Fsp3) is 0.824. The Labute approximate surface area is 279 Å². The zero-order chi connectivity index (χ0) is 35.1. The van der Waals surface area contributed by atoms with Crippen LogP contribution in [0.4, 0.5) is 9.59 Å². The van der Waals surface area contributed by atoms with Crippen molar-refractivity contribution in [2.45, 2.75) is 172 Å². The predicted octanol–water partition coefficient (Wildman–Crippen LogP) is 5.43. The minimum atomic E-state index is -1.02. The number of hydrogen-bond donors (Lipinski definition) is 4. The van der Waals surface area contributed by atoms with Gasteiger partial charge in [-0.1, -0.05) is 32.9 Å². The first-order valence-corrected chi connectivity index (χ1v) is 17.0. The van der Waals surface area contributed by atoms with E-state index in [0.717, 1.165) is 11.8 Å². The first-order chi connectivity index (χ1) is 20.9. The molecule has 0 saturated carbocycles. The number of thioether (sulfide) groups is 1. The number of nitrogens with one attached hydrogen (secondary N) is 1. The van der Waals surface area contributed by atoms with Crippen LogP contribution in [0.2, 0.25) is 0 Å². The normalized spacial score (nSPS) is 31.4. The third-order valence-electron chi connectivity index (χ3n) is 6.83. The second-order valence-electron chi connectivity index (χ2n) is 15.9. The van der Waals surface area contributed by atoms with Crippen molar-refractivity contribution >= 4 is 23.2 Å². The van der Waals surface area contributed by atoms with E-state index in [9.17, 15) is 24.9 Å². The minimum absolute atomic E-state index is 0.103. The monoisotopic (exact) mass is 673 g/mol. The number of aliphatic hydroxyl groups excluding tert-OH is 3. The summed E-state index contributed by atoms with van der Waals surface area (Å²) < 4.78 is 29.7. The van der Waals surface area contributed by atoms with E-state index in [4.69, 9.17) is 23.7 Å². The number of carbonyl (C=O) groups is 2. The molecular formula is C34H59NO10S. The summed E-state index contributed by atoms with van der Waals surface area (Å²) in [5.41, 5.74) is -1.92. The van der Waals surface area contributed by atoms with Gasteiger partial charge in [0.2, 0.25) is 0 Å². The van der Waals surface area contributed by atoms with Crippen LogP contribution in [-0.2, 0) is 23.7 Å². The molecule has 4 N–H and O–H groups in total. The number of rotatable bonds is 8. The molecule has 0 spiro atoms. The van der Waals surface area contributed by atoms with E-state index in [1.54, 1.807) is 18.2 Å². The molecule has 0 aromatic carbocycles. The van der Waals surface area contributed by atoms with E-state index in [-0.39, 0.29) is 30.6 Å². The molecule has 266 valence electrons. The van der Waals surface area contributed by atoms with Gasteiger partial charge in [-0.15, -0.1) is 0 Å². The largest absolute Gasteiger partial charge is 0.450 e. The Morgan fingerprint density at radius 1 is 0.717 bits per heavy atom. The maximum absolute atomic E-state index is 12.5. The lowest BCUT2D eigenvalue weighted by Crippen LogP contribution is -2.46. The number of amides is 1. The maximum atomic E-state index is 12.5. The van der Waals surface area contributed by atoms with Gasteiger partial charge in [0.15, 0.2) is 0 Å². The van der Waals surface area contributed by atoms with E-state index >= 15 is 0 Å². The van der Waals surface area contributed by atoms with Gasteiger partial charge in [-0.25, -0.2) is 9.59 Å². The van der Waals surface area contributed by atoms with Gasteiger partial charge in [0, 0.05) is 36.0 Å². The fourth-order valence-electron chi connectivity index (χ4n) is 5.00. The molecule has 2 rings (SSSR count). The molecule has 2 aliphatic rings. The lowest BCUT2D eigenvalue weighted by atomic mass is 9.95. The predicted molar refractivity (Wildman–Crippen MR) is 179 cm³/mol. The molecule has 11 nitrogen and oxygen atoms in total. The lowest BCUT2D eigenvalue weighted by Gasteiger charge is -2.37. The van der Waals surface area contributed by atoms with Crippen LogP contribution in [0.3, 0.4) is 0 Å².